The summed E-state index contributed by atoms with van der Waals surface area (Å²) in [4.78, 5) is 72.6. The molecule has 49 heavy (non-hydrogen) atoms. The maximum atomic E-state index is 12.2. The molecule has 0 spiro atoms. The van der Waals surface area contributed by atoms with Gasteiger partial charge in [0.25, 0.3) is 0 Å². The highest BCUT2D eigenvalue weighted by Gasteiger charge is 2.20. The number of hydrogen-bond donors (Lipinski definition) is 3. The van der Waals surface area contributed by atoms with Gasteiger partial charge in [0.1, 0.15) is 19.0 Å². The summed E-state index contributed by atoms with van der Waals surface area (Å²) in [6.07, 6.45) is 6.08. The number of rotatable bonds is 25. The van der Waals surface area contributed by atoms with E-state index in [0.717, 1.165) is 17.5 Å². The topological polar surface area (TPSA) is 157 Å². The van der Waals surface area contributed by atoms with Crippen LogP contribution in [0.4, 0.5) is 4.79 Å². The Morgan fingerprint density at radius 1 is 0.592 bits per heavy atom. The van der Waals surface area contributed by atoms with Crippen LogP contribution in [0.1, 0.15) is 102 Å². The van der Waals surface area contributed by atoms with E-state index in [1.54, 1.807) is 0 Å². The van der Waals surface area contributed by atoms with Gasteiger partial charge in [-0.2, -0.15) is 0 Å². The molecule has 3 N–H and O–H groups in total. The molecule has 11 nitrogen and oxygen atoms in total. The van der Waals surface area contributed by atoms with Gasteiger partial charge >= 0.3 is 12.1 Å². The second-order valence-corrected chi connectivity index (χ2v) is 12.3. The lowest BCUT2D eigenvalue weighted by atomic mass is 9.94. The summed E-state index contributed by atoms with van der Waals surface area (Å²) in [6, 6.07) is 18.0. The molecular weight excluding hydrogens is 626 g/mol. The zero-order valence-corrected chi connectivity index (χ0v) is 29.0. The van der Waals surface area contributed by atoms with Gasteiger partial charge < -0.3 is 25.4 Å². The van der Waals surface area contributed by atoms with Crippen LogP contribution < -0.4 is 16.0 Å². The fourth-order valence-electron chi connectivity index (χ4n) is 5.10. The van der Waals surface area contributed by atoms with Crippen LogP contribution in [0.15, 0.2) is 60.7 Å². The average Bonchev–Trinajstić information content (AvgIpc) is 3.09. The third kappa shape index (κ3) is 19.8. The van der Waals surface area contributed by atoms with Crippen molar-refractivity contribution in [2.45, 2.75) is 110 Å². The lowest BCUT2D eigenvalue weighted by Crippen LogP contribution is -2.40. The van der Waals surface area contributed by atoms with Crippen LogP contribution in [0.2, 0.25) is 0 Å². The third-order valence-corrected chi connectivity index (χ3v) is 8.08. The van der Waals surface area contributed by atoms with Gasteiger partial charge in [-0.25, -0.2) is 4.79 Å². The maximum Gasteiger partial charge on any atom is 0.408 e. The lowest BCUT2D eigenvalue weighted by Gasteiger charge is -2.16. The van der Waals surface area contributed by atoms with Gasteiger partial charge in [-0.15, -0.1) is 0 Å². The molecule has 2 aromatic carbocycles. The van der Waals surface area contributed by atoms with E-state index in [2.05, 4.69) is 16.0 Å². The van der Waals surface area contributed by atoms with Crippen LogP contribution in [-0.2, 0) is 46.7 Å². The fraction of sp³-hybridized carbons (Fsp3) is 0.526. The van der Waals surface area contributed by atoms with E-state index < -0.39 is 12.1 Å². The number of Topliss-reactive ketones (excluding diaryl/α,β-unsaturated/α-hetero) is 2. The molecule has 0 aliphatic carbocycles. The number of carbonyl (C=O) groups is 6. The molecule has 0 saturated carbocycles. The van der Waals surface area contributed by atoms with E-state index in [9.17, 15) is 28.8 Å². The average molecular weight is 680 g/mol. The summed E-state index contributed by atoms with van der Waals surface area (Å²) in [7, 11) is 0. The molecule has 3 amide bonds. The van der Waals surface area contributed by atoms with Crippen molar-refractivity contribution in [3.63, 3.8) is 0 Å². The quantitative estimate of drug-likeness (QED) is 0.0887. The largest absolute Gasteiger partial charge is 0.461 e. The van der Waals surface area contributed by atoms with Crippen molar-refractivity contribution in [3.8, 4) is 0 Å². The summed E-state index contributed by atoms with van der Waals surface area (Å²) >= 11 is 0. The number of unbranched alkanes of at least 4 members (excludes halogenated alkanes) is 4. The number of nitrogens with one attached hydrogen (secondary N) is 3. The number of benzene rings is 2. The smallest absolute Gasteiger partial charge is 0.408 e. The number of carbonyl (C=O) groups excluding carboxylic acids is 6. The Morgan fingerprint density at radius 3 is 1.61 bits per heavy atom. The summed E-state index contributed by atoms with van der Waals surface area (Å²) in [5.74, 6) is -1.06. The van der Waals surface area contributed by atoms with Crippen molar-refractivity contribution in [2.24, 2.45) is 5.92 Å². The molecule has 0 radical (unpaired) electrons. The molecule has 0 bridgehead atoms. The summed E-state index contributed by atoms with van der Waals surface area (Å²) < 4.78 is 10.5. The van der Waals surface area contributed by atoms with Crippen LogP contribution >= 0.6 is 0 Å². The Labute approximate surface area is 290 Å². The van der Waals surface area contributed by atoms with Crippen LogP contribution in [0.3, 0.4) is 0 Å². The molecule has 268 valence electrons. The molecule has 2 rings (SSSR count). The number of alkyl carbamates (subject to hydrolysis) is 1. The first kappa shape index (κ1) is 40.6. The van der Waals surface area contributed by atoms with Gasteiger partial charge in [0.2, 0.25) is 11.8 Å². The molecule has 0 heterocycles. The minimum Gasteiger partial charge on any atom is -0.461 e. The summed E-state index contributed by atoms with van der Waals surface area (Å²) in [6.45, 7) is 4.22. The first-order chi connectivity index (χ1) is 23.6. The number of hydrogen-bond acceptors (Lipinski definition) is 8. The Bertz CT molecular complexity index is 1200. The fourth-order valence-corrected chi connectivity index (χ4v) is 5.10. The molecule has 2 atom stereocenters. The molecule has 0 fully saturated rings. The van der Waals surface area contributed by atoms with Crippen LogP contribution in [-0.4, -0.2) is 54.6 Å². The van der Waals surface area contributed by atoms with Gasteiger partial charge in [-0.3, -0.25) is 24.0 Å². The van der Waals surface area contributed by atoms with Gasteiger partial charge in [0, 0.05) is 31.8 Å². The predicted octanol–water partition coefficient (Wildman–Crippen LogP) is 5.73. The molecule has 0 unspecified atom stereocenters. The second-order valence-electron chi connectivity index (χ2n) is 12.3. The molecule has 0 aromatic heterocycles. The zero-order valence-electron chi connectivity index (χ0n) is 29.0. The van der Waals surface area contributed by atoms with E-state index in [4.69, 9.17) is 9.47 Å². The monoisotopic (exact) mass is 679 g/mol. The molecule has 0 aliphatic heterocycles. The summed E-state index contributed by atoms with van der Waals surface area (Å²) in [5.41, 5.74) is 1.75. The van der Waals surface area contributed by atoms with Crippen molar-refractivity contribution < 1.29 is 38.2 Å². The Morgan fingerprint density at radius 2 is 1.10 bits per heavy atom. The minimum atomic E-state index is -0.638. The van der Waals surface area contributed by atoms with E-state index in [1.807, 2.05) is 60.7 Å². The van der Waals surface area contributed by atoms with Crippen LogP contribution in [0, 0.1) is 5.92 Å². The normalized spacial score (nSPS) is 11.9. The number of esters is 1. The first-order valence-electron chi connectivity index (χ1n) is 17.3. The Hall–Kier alpha value is -4.54. The highest BCUT2D eigenvalue weighted by Crippen LogP contribution is 2.16. The van der Waals surface area contributed by atoms with Crippen molar-refractivity contribution in [2.75, 3.05) is 13.1 Å². The van der Waals surface area contributed by atoms with Crippen LogP contribution in [0.25, 0.3) is 0 Å². The van der Waals surface area contributed by atoms with Gasteiger partial charge in [-0.05, 0) is 69.9 Å². The van der Waals surface area contributed by atoms with Crippen molar-refractivity contribution in [1.29, 1.82) is 0 Å². The van der Waals surface area contributed by atoms with Crippen molar-refractivity contribution in [3.05, 3.63) is 71.8 Å². The number of ketones is 2. The van der Waals surface area contributed by atoms with Gasteiger partial charge in [0.05, 0.1) is 12.5 Å². The van der Waals surface area contributed by atoms with E-state index >= 15 is 0 Å². The molecule has 2 aromatic rings. The van der Waals surface area contributed by atoms with Crippen molar-refractivity contribution in [1.82, 2.24) is 16.0 Å². The highest BCUT2D eigenvalue weighted by molar-refractivity contribution is 5.85. The molecule has 0 aliphatic rings. The minimum absolute atomic E-state index is 0.0411. The predicted molar refractivity (Wildman–Crippen MR) is 186 cm³/mol. The second kappa shape index (κ2) is 24.6. The number of amides is 3. The Balaban J connectivity index is 1.45. The molecular formula is C38H53N3O8. The Kier molecular flexibility index (Phi) is 20.4. The zero-order chi connectivity index (χ0) is 35.7. The van der Waals surface area contributed by atoms with Gasteiger partial charge in [0.15, 0.2) is 5.78 Å². The highest BCUT2D eigenvalue weighted by atomic mass is 16.5. The molecule has 11 heteroatoms. The van der Waals surface area contributed by atoms with E-state index in [-0.39, 0.29) is 54.9 Å². The van der Waals surface area contributed by atoms with Crippen LogP contribution in [0.5, 0.6) is 0 Å². The van der Waals surface area contributed by atoms with Gasteiger partial charge in [-0.1, -0.05) is 73.5 Å². The SMILES string of the molecule is CC(=O)[C@H](CCCCNC(=O)CCCCCC(=O)NCCCC[C@H](NC(=O)OCc1ccccc1)C(C)=O)CC(=O)OCc1ccccc1. The lowest BCUT2D eigenvalue weighted by molar-refractivity contribution is -0.147. The van der Waals surface area contributed by atoms with E-state index in [0.29, 0.717) is 77.3 Å². The first-order valence-corrected chi connectivity index (χ1v) is 17.3. The third-order valence-electron chi connectivity index (χ3n) is 8.08. The van der Waals surface area contributed by atoms with E-state index in [1.165, 1.54) is 13.8 Å². The summed E-state index contributed by atoms with van der Waals surface area (Å²) in [5, 5.41) is 8.40. The maximum absolute atomic E-state index is 12.2. The number of ether oxygens (including phenoxy) is 2. The standard InChI is InChI=1S/C38H53N3O8/c1-29(42)33(26-37(46)48-27-31-16-6-3-7-17-31)20-12-14-24-39-35(44)22-10-5-11-23-36(45)40-25-15-13-21-34(30(2)43)41-38(47)49-28-32-18-8-4-9-19-32/h3-4,6-9,16-19,33-34H,5,10-15,20-28H2,1-2H3,(H,39,44)(H,40,45)(H,41,47)/t33-,34+/m1/s1. The van der Waals surface area contributed by atoms with Crippen molar-refractivity contribution >= 4 is 35.4 Å². The molecule has 0 saturated heterocycles.